The largest absolute Gasteiger partial charge is 0.368 e. The number of hydrogen-bond acceptors (Lipinski definition) is 5. The average molecular weight is 386 g/mol. The standard InChI is InChI=1S/C19H22N4O3S/c24-17(15-7-4-10-26-15)22-18-21-14-8-9-23(12-16(14)27-18)19(25)20-11-13-5-2-1-3-6-13/h1-3,5-6,15H,4,7-12H2,(H,20,25)(H,21,22,24). The summed E-state index contributed by atoms with van der Waals surface area (Å²) in [4.78, 5) is 32.0. The Bertz CT molecular complexity index is 818. The normalized spacial score (nSPS) is 18.8. The van der Waals surface area contributed by atoms with Gasteiger partial charge in [-0.2, -0.15) is 0 Å². The van der Waals surface area contributed by atoms with E-state index in [4.69, 9.17) is 4.74 Å². The van der Waals surface area contributed by atoms with E-state index in [-0.39, 0.29) is 18.0 Å². The molecule has 0 radical (unpaired) electrons. The van der Waals surface area contributed by atoms with Gasteiger partial charge in [0.1, 0.15) is 6.10 Å². The summed E-state index contributed by atoms with van der Waals surface area (Å²) in [6, 6.07) is 9.76. The SMILES string of the molecule is O=C(Nc1nc2c(s1)CN(C(=O)NCc1ccccc1)CC2)C1CCCO1. The van der Waals surface area contributed by atoms with Gasteiger partial charge in [-0.15, -0.1) is 0 Å². The van der Waals surface area contributed by atoms with E-state index in [9.17, 15) is 9.59 Å². The van der Waals surface area contributed by atoms with E-state index in [2.05, 4.69) is 15.6 Å². The third-order valence-corrected chi connectivity index (χ3v) is 5.76. The van der Waals surface area contributed by atoms with E-state index in [0.29, 0.717) is 37.8 Å². The third-order valence-electron chi connectivity index (χ3n) is 4.76. The third kappa shape index (κ3) is 4.28. The van der Waals surface area contributed by atoms with Crippen LogP contribution in [0.5, 0.6) is 0 Å². The fraction of sp³-hybridized carbons (Fsp3) is 0.421. The van der Waals surface area contributed by atoms with Gasteiger partial charge < -0.3 is 15.0 Å². The average Bonchev–Trinajstić information content (AvgIpc) is 3.35. The maximum absolute atomic E-state index is 12.5. The van der Waals surface area contributed by atoms with Gasteiger partial charge in [-0.25, -0.2) is 9.78 Å². The first-order valence-electron chi connectivity index (χ1n) is 9.17. The van der Waals surface area contributed by atoms with E-state index < -0.39 is 0 Å². The number of urea groups is 1. The lowest BCUT2D eigenvalue weighted by atomic mass is 10.2. The number of benzene rings is 1. The highest BCUT2D eigenvalue weighted by atomic mass is 32.1. The van der Waals surface area contributed by atoms with Gasteiger partial charge >= 0.3 is 6.03 Å². The van der Waals surface area contributed by atoms with Crippen molar-refractivity contribution in [1.29, 1.82) is 0 Å². The zero-order valence-electron chi connectivity index (χ0n) is 14.9. The summed E-state index contributed by atoms with van der Waals surface area (Å²) < 4.78 is 5.40. The second kappa shape index (κ2) is 8.06. The van der Waals surface area contributed by atoms with Gasteiger partial charge in [0.15, 0.2) is 5.13 Å². The molecule has 2 N–H and O–H groups in total. The minimum Gasteiger partial charge on any atom is -0.368 e. The van der Waals surface area contributed by atoms with Crippen molar-refractivity contribution in [2.24, 2.45) is 0 Å². The molecule has 1 unspecified atom stereocenters. The van der Waals surface area contributed by atoms with Gasteiger partial charge in [-0.3, -0.25) is 10.1 Å². The molecule has 0 saturated carbocycles. The van der Waals surface area contributed by atoms with Crippen molar-refractivity contribution in [3.05, 3.63) is 46.5 Å². The topological polar surface area (TPSA) is 83.6 Å². The second-order valence-corrected chi connectivity index (χ2v) is 7.78. The molecule has 1 fully saturated rings. The van der Waals surface area contributed by atoms with Crippen molar-refractivity contribution in [2.75, 3.05) is 18.5 Å². The smallest absolute Gasteiger partial charge is 0.318 e. The van der Waals surface area contributed by atoms with Gasteiger partial charge in [0.25, 0.3) is 5.91 Å². The number of hydrogen-bond donors (Lipinski definition) is 2. The summed E-state index contributed by atoms with van der Waals surface area (Å²) in [6.45, 7) is 2.29. The highest BCUT2D eigenvalue weighted by Crippen LogP contribution is 2.29. The van der Waals surface area contributed by atoms with E-state index in [1.54, 1.807) is 4.90 Å². The lowest BCUT2D eigenvalue weighted by Crippen LogP contribution is -2.42. The molecule has 1 aromatic heterocycles. The van der Waals surface area contributed by atoms with Crippen LogP contribution in [-0.2, 0) is 29.0 Å². The first-order chi connectivity index (χ1) is 13.2. The molecule has 2 aliphatic rings. The minimum atomic E-state index is -0.369. The van der Waals surface area contributed by atoms with Gasteiger partial charge in [-0.05, 0) is 18.4 Å². The fourth-order valence-corrected chi connectivity index (χ4v) is 4.30. The molecule has 1 aromatic carbocycles. The molecule has 3 amide bonds. The van der Waals surface area contributed by atoms with Crippen molar-refractivity contribution < 1.29 is 14.3 Å². The summed E-state index contributed by atoms with van der Waals surface area (Å²) in [6.07, 6.45) is 2.00. The lowest BCUT2D eigenvalue weighted by Gasteiger charge is -2.26. The number of fused-ring (bicyclic) bond motifs is 1. The maximum Gasteiger partial charge on any atom is 0.318 e. The molecule has 0 spiro atoms. The predicted octanol–water partition coefficient (Wildman–Crippen LogP) is 2.53. The molecule has 2 aromatic rings. The number of thiazole rings is 1. The van der Waals surface area contributed by atoms with E-state index in [1.807, 2.05) is 30.3 Å². The molecule has 1 atom stereocenters. The molecule has 8 heteroatoms. The Morgan fingerprint density at radius 3 is 2.93 bits per heavy atom. The van der Waals surface area contributed by atoms with Crippen LogP contribution in [0.4, 0.5) is 9.93 Å². The summed E-state index contributed by atoms with van der Waals surface area (Å²) >= 11 is 1.44. The number of aromatic nitrogens is 1. The highest BCUT2D eigenvalue weighted by molar-refractivity contribution is 7.15. The van der Waals surface area contributed by atoms with Crippen molar-refractivity contribution in [2.45, 2.75) is 38.5 Å². The minimum absolute atomic E-state index is 0.0807. The van der Waals surface area contributed by atoms with Gasteiger partial charge in [-0.1, -0.05) is 41.7 Å². The quantitative estimate of drug-likeness (QED) is 0.846. The number of anilines is 1. The molecular weight excluding hydrogens is 364 g/mol. The lowest BCUT2D eigenvalue weighted by molar-refractivity contribution is -0.124. The van der Waals surface area contributed by atoms with Gasteiger partial charge in [0, 0.05) is 31.0 Å². The van der Waals surface area contributed by atoms with Crippen molar-refractivity contribution in [3.63, 3.8) is 0 Å². The van der Waals surface area contributed by atoms with Crippen LogP contribution in [0.15, 0.2) is 30.3 Å². The molecule has 2 aliphatic heterocycles. The number of rotatable bonds is 4. The Hall–Kier alpha value is -2.45. The summed E-state index contributed by atoms with van der Waals surface area (Å²) in [7, 11) is 0. The zero-order chi connectivity index (χ0) is 18.6. The molecule has 0 aliphatic carbocycles. The van der Waals surface area contributed by atoms with Crippen LogP contribution in [0.2, 0.25) is 0 Å². The second-order valence-electron chi connectivity index (χ2n) is 6.70. The molecule has 1 saturated heterocycles. The number of nitrogens with one attached hydrogen (secondary N) is 2. The number of carbonyl (C=O) groups excluding carboxylic acids is 2. The Labute approximate surface area is 161 Å². The molecule has 3 heterocycles. The highest BCUT2D eigenvalue weighted by Gasteiger charge is 2.27. The Morgan fingerprint density at radius 1 is 1.30 bits per heavy atom. The molecule has 7 nitrogen and oxygen atoms in total. The van der Waals surface area contributed by atoms with Crippen molar-refractivity contribution >= 4 is 28.4 Å². The zero-order valence-corrected chi connectivity index (χ0v) is 15.8. The summed E-state index contributed by atoms with van der Waals surface area (Å²) in [5, 5.41) is 6.41. The van der Waals surface area contributed by atoms with Crippen molar-refractivity contribution in [3.8, 4) is 0 Å². The fourth-order valence-electron chi connectivity index (χ4n) is 3.28. The Morgan fingerprint density at radius 2 is 2.15 bits per heavy atom. The maximum atomic E-state index is 12.5. The molecular formula is C19H22N4O3S. The van der Waals surface area contributed by atoms with Crippen LogP contribution in [0.1, 0.15) is 29.0 Å². The van der Waals surface area contributed by atoms with E-state index >= 15 is 0 Å². The van der Waals surface area contributed by atoms with Crippen LogP contribution in [0.3, 0.4) is 0 Å². The van der Waals surface area contributed by atoms with Crippen LogP contribution in [-0.4, -0.2) is 41.1 Å². The van der Waals surface area contributed by atoms with Crippen molar-refractivity contribution in [1.82, 2.24) is 15.2 Å². The number of carbonyl (C=O) groups is 2. The molecule has 142 valence electrons. The Balaban J connectivity index is 1.33. The summed E-state index contributed by atoms with van der Waals surface area (Å²) in [5.74, 6) is -0.129. The Kier molecular flexibility index (Phi) is 5.35. The van der Waals surface area contributed by atoms with Crippen LogP contribution < -0.4 is 10.6 Å². The van der Waals surface area contributed by atoms with Crippen LogP contribution >= 0.6 is 11.3 Å². The summed E-state index contributed by atoms with van der Waals surface area (Å²) in [5.41, 5.74) is 2.04. The van der Waals surface area contributed by atoms with Crippen LogP contribution in [0, 0.1) is 0 Å². The molecule has 27 heavy (non-hydrogen) atoms. The number of nitrogens with zero attached hydrogens (tertiary/aromatic N) is 2. The van der Waals surface area contributed by atoms with Gasteiger partial charge in [0.05, 0.1) is 12.2 Å². The molecule has 0 bridgehead atoms. The first kappa shape index (κ1) is 17.9. The van der Waals surface area contributed by atoms with E-state index in [1.165, 1.54) is 11.3 Å². The van der Waals surface area contributed by atoms with E-state index in [0.717, 1.165) is 29.0 Å². The number of amides is 3. The number of ether oxygens (including phenoxy) is 1. The predicted molar refractivity (Wildman–Crippen MR) is 103 cm³/mol. The monoisotopic (exact) mass is 386 g/mol. The molecule has 4 rings (SSSR count). The van der Waals surface area contributed by atoms with Gasteiger partial charge in [0.2, 0.25) is 0 Å². The first-order valence-corrected chi connectivity index (χ1v) is 9.98. The van der Waals surface area contributed by atoms with Crippen LogP contribution in [0.25, 0.3) is 0 Å².